The Morgan fingerprint density at radius 2 is 2.25 bits per heavy atom. The molecule has 2 heterocycles. The van der Waals surface area contributed by atoms with Crippen LogP contribution in [0.15, 0.2) is 22.6 Å². The van der Waals surface area contributed by atoms with Crippen molar-refractivity contribution in [2.75, 3.05) is 18.4 Å². The van der Waals surface area contributed by atoms with Gasteiger partial charge in [-0.3, -0.25) is 0 Å². The van der Waals surface area contributed by atoms with Crippen LogP contribution in [0.1, 0.15) is 25.7 Å². The van der Waals surface area contributed by atoms with Gasteiger partial charge in [0, 0.05) is 25.2 Å². The minimum atomic E-state index is -4.27. The van der Waals surface area contributed by atoms with Crippen molar-refractivity contribution in [3.05, 3.63) is 24.1 Å². The third-order valence-electron chi connectivity index (χ3n) is 4.16. The van der Waals surface area contributed by atoms with E-state index in [1.54, 1.807) is 18.2 Å². The Labute approximate surface area is 136 Å². The molecule has 0 saturated carbocycles. The highest BCUT2D eigenvalue weighted by Gasteiger charge is 2.42. The lowest BCUT2D eigenvalue weighted by Crippen LogP contribution is -2.46. The number of alkyl halides is 3. The van der Waals surface area contributed by atoms with Crippen molar-refractivity contribution >= 4 is 22.8 Å². The summed E-state index contributed by atoms with van der Waals surface area (Å²) in [6, 6.07) is 4.46. The fourth-order valence-corrected chi connectivity index (χ4v) is 2.84. The molecule has 1 aromatic heterocycles. The lowest BCUT2D eigenvalue weighted by atomic mass is 9.98. The van der Waals surface area contributed by atoms with Crippen LogP contribution in [0.4, 0.5) is 23.7 Å². The molecule has 0 bridgehead atoms. The van der Waals surface area contributed by atoms with E-state index < -0.39 is 18.1 Å². The number of likely N-dealkylation sites (tertiary alicyclic amines) is 1. The summed E-state index contributed by atoms with van der Waals surface area (Å²) in [6.07, 6.45) is -3.20. The van der Waals surface area contributed by atoms with Gasteiger partial charge in [-0.25, -0.2) is 9.78 Å². The summed E-state index contributed by atoms with van der Waals surface area (Å²) in [5.41, 5.74) is 1.70. The molecule has 1 aliphatic rings. The van der Waals surface area contributed by atoms with Crippen LogP contribution >= 0.6 is 0 Å². The van der Waals surface area contributed by atoms with Crippen molar-refractivity contribution in [3.63, 3.8) is 0 Å². The standard InChI is InChI=1S/C16H18F3N3O2/c1-2-14-21-12-8-11(5-6-13(12)24-14)20-15(23)22-7-3-4-10(9-22)16(17,18)19/h5-6,8,10H,2-4,7,9H2,1H3,(H,20,23). The zero-order valence-corrected chi connectivity index (χ0v) is 13.2. The van der Waals surface area contributed by atoms with E-state index in [9.17, 15) is 18.0 Å². The quantitative estimate of drug-likeness (QED) is 0.891. The van der Waals surface area contributed by atoms with Gasteiger partial charge in [0.2, 0.25) is 0 Å². The van der Waals surface area contributed by atoms with E-state index in [4.69, 9.17) is 4.42 Å². The number of fused-ring (bicyclic) bond motifs is 1. The first-order chi connectivity index (χ1) is 11.4. The molecule has 1 atom stereocenters. The Morgan fingerprint density at radius 1 is 1.46 bits per heavy atom. The van der Waals surface area contributed by atoms with Crippen molar-refractivity contribution in [1.82, 2.24) is 9.88 Å². The number of nitrogens with zero attached hydrogens (tertiary/aromatic N) is 2. The Hall–Kier alpha value is -2.25. The van der Waals surface area contributed by atoms with Gasteiger partial charge in [-0.15, -0.1) is 0 Å². The van der Waals surface area contributed by atoms with Gasteiger partial charge in [0.15, 0.2) is 11.5 Å². The average Bonchev–Trinajstić information content (AvgIpc) is 2.96. The van der Waals surface area contributed by atoms with Crippen LogP contribution in [0.2, 0.25) is 0 Å². The number of piperidine rings is 1. The van der Waals surface area contributed by atoms with Crippen molar-refractivity contribution in [2.45, 2.75) is 32.4 Å². The maximum atomic E-state index is 12.8. The summed E-state index contributed by atoms with van der Waals surface area (Å²) in [6.45, 7) is 1.94. The van der Waals surface area contributed by atoms with Gasteiger partial charge in [0.25, 0.3) is 0 Å². The third kappa shape index (κ3) is 3.47. The number of urea groups is 1. The van der Waals surface area contributed by atoms with Crippen LogP contribution < -0.4 is 5.32 Å². The number of rotatable bonds is 2. The number of nitrogens with one attached hydrogen (secondary N) is 1. The molecule has 0 aliphatic carbocycles. The Kier molecular flexibility index (Phi) is 4.38. The summed E-state index contributed by atoms with van der Waals surface area (Å²) in [7, 11) is 0. The fourth-order valence-electron chi connectivity index (χ4n) is 2.84. The summed E-state index contributed by atoms with van der Waals surface area (Å²) < 4.78 is 44.0. The Balaban J connectivity index is 1.70. The number of aryl methyl sites for hydroxylation is 1. The molecular weight excluding hydrogens is 323 g/mol. The van der Waals surface area contributed by atoms with Crippen LogP contribution in [0.25, 0.3) is 11.1 Å². The Bertz CT molecular complexity index is 742. The topological polar surface area (TPSA) is 58.4 Å². The van der Waals surface area contributed by atoms with Crippen LogP contribution in [-0.4, -0.2) is 35.2 Å². The maximum Gasteiger partial charge on any atom is 0.393 e. The van der Waals surface area contributed by atoms with Crippen LogP contribution in [-0.2, 0) is 6.42 Å². The van der Waals surface area contributed by atoms with Gasteiger partial charge < -0.3 is 14.6 Å². The van der Waals surface area contributed by atoms with Crippen LogP contribution in [0, 0.1) is 5.92 Å². The van der Waals surface area contributed by atoms with E-state index in [0.29, 0.717) is 42.1 Å². The first-order valence-electron chi connectivity index (χ1n) is 7.89. The van der Waals surface area contributed by atoms with Gasteiger partial charge >= 0.3 is 12.2 Å². The van der Waals surface area contributed by atoms with Gasteiger partial charge in [-0.1, -0.05) is 6.92 Å². The average molecular weight is 341 g/mol. The molecule has 2 amide bonds. The second kappa shape index (κ2) is 6.33. The van der Waals surface area contributed by atoms with Gasteiger partial charge in [0.05, 0.1) is 5.92 Å². The highest BCUT2D eigenvalue weighted by Crippen LogP contribution is 2.33. The van der Waals surface area contributed by atoms with Crippen molar-refractivity contribution < 1.29 is 22.4 Å². The predicted octanol–water partition coefficient (Wildman–Crippen LogP) is 4.20. The van der Waals surface area contributed by atoms with Gasteiger partial charge in [0.1, 0.15) is 5.52 Å². The van der Waals surface area contributed by atoms with E-state index in [1.165, 1.54) is 4.90 Å². The summed E-state index contributed by atoms with van der Waals surface area (Å²) >= 11 is 0. The Morgan fingerprint density at radius 3 is 2.96 bits per heavy atom. The lowest BCUT2D eigenvalue weighted by Gasteiger charge is -2.33. The van der Waals surface area contributed by atoms with Crippen molar-refractivity contribution in [2.24, 2.45) is 5.92 Å². The molecule has 1 aliphatic heterocycles. The largest absolute Gasteiger partial charge is 0.441 e. The molecule has 1 unspecified atom stereocenters. The normalized spacial score (nSPS) is 18.8. The van der Waals surface area contributed by atoms with Crippen molar-refractivity contribution in [1.29, 1.82) is 0 Å². The highest BCUT2D eigenvalue weighted by molar-refractivity contribution is 5.91. The number of hydrogen-bond acceptors (Lipinski definition) is 3. The molecule has 0 radical (unpaired) electrons. The number of aromatic nitrogens is 1. The number of oxazole rings is 1. The molecule has 5 nitrogen and oxygen atoms in total. The second-order valence-electron chi connectivity index (χ2n) is 5.90. The minimum Gasteiger partial charge on any atom is -0.441 e. The zero-order chi connectivity index (χ0) is 17.3. The molecule has 2 aromatic rings. The molecule has 1 N–H and O–H groups in total. The molecule has 24 heavy (non-hydrogen) atoms. The maximum absolute atomic E-state index is 12.8. The van der Waals surface area contributed by atoms with Crippen LogP contribution in [0.5, 0.6) is 0 Å². The second-order valence-corrected chi connectivity index (χ2v) is 5.90. The van der Waals surface area contributed by atoms with E-state index in [-0.39, 0.29) is 13.0 Å². The highest BCUT2D eigenvalue weighted by atomic mass is 19.4. The van der Waals surface area contributed by atoms with Gasteiger partial charge in [-0.05, 0) is 31.0 Å². The number of carbonyl (C=O) groups is 1. The number of amides is 2. The van der Waals surface area contributed by atoms with E-state index in [0.717, 1.165) is 0 Å². The molecule has 8 heteroatoms. The summed E-state index contributed by atoms with van der Waals surface area (Å²) in [4.78, 5) is 17.7. The number of carbonyl (C=O) groups excluding carboxylic acids is 1. The smallest absolute Gasteiger partial charge is 0.393 e. The van der Waals surface area contributed by atoms with E-state index in [1.807, 2.05) is 6.92 Å². The minimum absolute atomic E-state index is 0.0674. The number of hydrogen-bond donors (Lipinski definition) is 1. The number of halogens is 3. The first-order valence-corrected chi connectivity index (χ1v) is 7.89. The molecule has 0 spiro atoms. The SMILES string of the molecule is CCc1nc2cc(NC(=O)N3CCCC(C(F)(F)F)C3)ccc2o1. The number of benzene rings is 1. The van der Waals surface area contributed by atoms with E-state index in [2.05, 4.69) is 10.3 Å². The first kappa shape index (κ1) is 16.6. The van der Waals surface area contributed by atoms with Gasteiger partial charge in [-0.2, -0.15) is 13.2 Å². The fraction of sp³-hybridized carbons (Fsp3) is 0.500. The molecule has 1 fully saturated rings. The molecule has 130 valence electrons. The monoisotopic (exact) mass is 341 g/mol. The van der Waals surface area contributed by atoms with Crippen LogP contribution in [0.3, 0.4) is 0 Å². The molecule has 1 saturated heterocycles. The number of anilines is 1. The summed E-state index contributed by atoms with van der Waals surface area (Å²) in [5, 5.41) is 2.64. The molecular formula is C16H18F3N3O2. The van der Waals surface area contributed by atoms with E-state index >= 15 is 0 Å². The lowest BCUT2D eigenvalue weighted by molar-refractivity contribution is -0.183. The van der Waals surface area contributed by atoms with Crippen molar-refractivity contribution in [3.8, 4) is 0 Å². The zero-order valence-electron chi connectivity index (χ0n) is 13.2. The molecule has 3 rings (SSSR count). The summed E-state index contributed by atoms with van der Waals surface area (Å²) in [5.74, 6) is -0.861. The predicted molar refractivity (Wildman–Crippen MR) is 82.8 cm³/mol. The molecule has 1 aromatic carbocycles. The third-order valence-corrected chi connectivity index (χ3v) is 4.16.